The summed E-state index contributed by atoms with van der Waals surface area (Å²) in [6, 6.07) is 7.37. The second kappa shape index (κ2) is 7.73. The van der Waals surface area contributed by atoms with Gasteiger partial charge in [0.05, 0.1) is 19.1 Å². The molecule has 3 amide bonds. The molecule has 0 spiro atoms. The number of amides is 3. The molecule has 7 heteroatoms. The minimum atomic E-state index is -0.368. The van der Waals surface area contributed by atoms with Gasteiger partial charge in [-0.25, -0.2) is 0 Å². The van der Waals surface area contributed by atoms with Crippen LogP contribution in [0.2, 0.25) is 0 Å². The lowest BCUT2D eigenvalue weighted by Crippen LogP contribution is -2.40. The number of anilines is 1. The van der Waals surface area contributed by atoms with Crippen LogP contribution < -0.4 is 21.3 Å². The fourth-order valence-corrected chi connectivity index (χ4v) is 2.49. The third-order valence-electron chi connectivity index (χ3n) is 3.79. The van der Waals surface area contributed by atoms with E-state index in [4.69, 9.17) is 5.73 Å². The zero-order chi connectivity index (χ0) is 16.8. The number of carbonyl (C=O) groups excluding carboxylic acids is 3. The van der Waals surface area contributed by atoms with Crippen molar-refractivity contribution < 1.29 is 14.4 Å². The van der Waals surface area contributed by atoms with Crippen molar-refractivity contribution in [2.45, 2.75) is 25.8 Å². The molecule has 1 atom stereocenters. The average molecular weight is 318 g/mol. The molecule has 1 fully saturated rings. The van der Waals surface area contributed by atoms with Gasteiger partial charge in [-0.15, -0.1) is 0 Å². The Hall–Kier alpha value is -2.41. The molecule has 7 nitrogen and oxygen atoms in total. The second-order valence-electron chi connectivity index (χ2n) is 5.51. The molecule has 0 bridgehead atoms. The average Bonchev–Trinajstić information content (AvgIpc) is 2.98. The van der Waals surface area contributed by atoms with Crippen LogP contribution in [0.1, 0.15) is 31.4 Å². The smallest absolute Gasteiger partial charge is 0.239 e. The number of nitrogens with zero attached hydrogens (tertiary/aromatic N) is 1. The Morgan fingerprint density at radius 3 is 2.52 bits per heavy atom. The maximum atomic E-state index is 11.7. The van der Waals surface area contributed by atoms with E-state index in [1.165, 1.54) is 0 Å². The Morgan fingerprint density at radius 1 is 1.26 bits per heavy atom. The van der Waals surface area contributed by atoms with Crippen LogP contribution in [0, 0.1) is 0 Å². The van der Waals surface area contributed by atoms with E-state index < -0.39 is 0 Å². The first-order chi connectivity index (χ1) is 11.0. The molecule has 1 heterocycles. The van der Waals surface area contributed by atoms with E-state index in [0.717, 1.165) is 24.2 Å². The zero-order valence-corrected chi connectivity index (χ0v) is 13.2. The van der Waals surface area contributed by atoms with Gasteiger partial charge in [-0.05, 0) is 31.0 Å². The van der Waals surface area contributed by atoms with Crippen molar-refractivity contribution in [2.75, 3.05) is 24.5 Å². The Labute approximate surface area is 135 Å². The highest BCUT2D eigenvalue weighted by molar-refractivity contribution is 5.95. The van der Waals surface area contributed by atoms with Crippen molar-refractivity contribution in [3.05, 3.63) is 29.8 Å². The maximum absolute atomic E-state index is 11.7. The van der Waals surface area contributed by atoms with Crippen LogP contribution in [0.4, 0.5) is 5.69 Å². The monoisotopic (exact) mass is 318 g/mol. The summed E-state index contributed by atoms with van der Waals surface area (Å²) < 4.78 is 0. The van der Waals surface area contributed by atoms with Gasteiger partial charge in [0.2, 0.25) is 17.7 Å². The SMILES string of the molecule is CC(NC(=O)CNC(=O)CN)c1ccc(N2CCCC2=O)cc1. The number of rotatable bonds is 6. The lowest BCUT2D eigenvalue weighted by atomic mass is 10.1. The molecule has 0 radical (unpaired) electrons. The van der Waals surface area contributed by atoms with Crippen LogP contribution in [0.3, 0.4) is 0 Å². The molecular weight excluding hydrogens is 296 g/mol. The minimum absolute atomic E-state index is 0.0965. The maximum Gasteiger partial charge on any atom is 0.239 e. The summed E-state index contributed by atoms with van der Waals surface area (Å²) in [6.45, 7) is 2.38. The number of benzene rings is 1. The van der Waals surface area contributed by atoms with Gasteiger partial charge in [-0.1, -0.05) is 12.1 Å². The molecule has 0 aromatic heterocycles. The summed E-state index contributed by atoms with van der Waals surface area (Å²) in [6.07, 6.45) is 1.49. The lowest BCUT2D eigenvalue weighted by molar-refractivity contribution is -0.125. The van der Waals surface area contributed by atoms with E-state index in [-0.39, 0.29) is 36.9 Å². The zero-order valence-electron chi connectivity index (χ0n) is 13.2. The van der Waals surface area contributed by atoms with Crippen LogP contribution >= 0.6 is 0 Å². The summed E-state index contributed by atoms with van der Waals surface area (Å²) in [5.41, 5.74) is 6.96. The summed E-state index contributed by atoms with van der Waals surface area (Å²) in [5, 5.41) is 5.22. The first-order valence-corrected chi connectivity index (χ1v) is 7.67. The van der Waals surface area contributed by atoms with Crippen molar-refractivity contribution in [3.8, 4) is 0 Å². The van der Waals surface area contributed by atoms with Crippen LogP contribution in [-0.2, 0) is 14.4 Å². The number of nitrogens with two attached hydrogens (primary N) is 1. The van der Waals surface area contributed by atoms with Crippen molar-refractivity contribution in [3.63, 3.8) is 0 Å². The van der Waals surface area contributed by atoms with Crippen LogP contribution in [0.15, 0.2) is 24.3 Å². The lowest BCUT2D eigenvalue weighted by Gasteiger charge is -2.18. The van der Waals surface area contributed by atoms with Gasteiger partial charge in [0, 0.05) is 18.7 Å². The van der Waals surface area contributed by atoms with Gasteiger partial charge in [-0.3, -0.25) is 14.4 Å². The number of hydrogen-bond acceptors (Lipinski definition) is 4. The van der Waals surface area contributed by atoms with Crippen LogP contribution in [0.25, 0.3) is 0 Å². The number of nitrogens with one attached hydrogen (secondary N) is 2. The van der Waals surface area contributed by atoms with Gasteiger partial charge >= 0.3 is 0 Å². The summed E-state index contributed by atoms with van der Waals surface area (Å²) in [7, 11) is 0. The fourth-order valence-electron chi connectivity index (χ4n) is 2.49. The molecule has 2 rings (SSSR count). The molecule has 124 valence electrons. The molecule has 1 aromatic carbocycles. The first kappa shape index (κ1) is 17.0. The van der Waals surface area contributed by atoms with Crippen LogP contribution in [-0.4, -0.2) is 37.4 Å². The van der Waals surface area contributed by atoms with Gasteiger partial charge in [0.15, 0.2) is 0 Å². The molecule has 0 saturated carbocycles. The molecular formula is C16H22N4O3. The van der Waals surface area contributed by atoms with Crippen molar-refractivity contribution in [1.29, 1.82) is 0 Å². The van der Waals surface area contributed by atoms with Crippen molar-refractivity contribution in [1.82, 2.24) is 10.6 Å². The predicted octanol–water partition coefficient (Wildman–Crippen LogP) is 0.0655. The Kier molecular flexibility index (Phi) is 5.70. The Morgan fingerprint density at radius 2 is 1.96 bits per heavy atom. The van der Waals surface area contributed by atoms with Crippen molar-refractivity contribution >= 4 is 23.4 Å². The fraction of sp³-hybridized carbons (Fsp3) is 0.438. The van der Waals surface area contributed by atoms with E-state index in [1.54, 1.807) is 4.90 Å². The van der Waals surface area contributed by atoms with Crippen LogP contribution in [0.5, 0.6) is 0 Å². The second-order valence-corrected chi connectivity index (χ2v) is 5.51. The molecule has 1 aliphatic rings. The molecule has 1 aromatic rings. The van der Waals surface area contributed by atoms with E-state index in [1.807, 2.05) is 31.2 Å². The Balaban J connectivity index is 1.89. The molecule has 1 aliphatic heterocycles. The third-order valence-corrected chi connectivity index (χ3v) is 3.79. The van der Waals surface area contributed by atoms with Crippen molar-refractivity contribution in [2.24, 2.45) is 5.73 Å². The largest absolute Gasteiger partial charge is 0.348 e. The number of hydrogen-bond donors (Lipinski definition) is 3. The predicted molar refractivity (Wildman–Crippen MR) is 86.7 cm³/mol. The first-order valence-electron chi connectivity index (χ1n) is 7.67. The van der Waals surface area contributed by atoms with Gasteiger partial charge in [0.25, 0.3) is 0 Å². The Bertz CT molecular complexity index is 585. The molecule has 1 saturated heterocycles. The molecule has 1 unspecified atom stereocenters. The summed E-state index contributed by atoms with van der Waals surface area (Å²) >= 11 is 0. The minimum Gasteiger partial charge on any atom is -0.348 e. The van der Waals surface area contributed by atoms with Gasteiger partial charge in [-0.2, -0.15) is 0 Å². The molecule has 4 N–H and O–H groups in total. The van der Waals surface area contributed by atoms with E-state index >= 15 is 0 Å². The summed E-state index contributed by atoms with van der Waals surface area (Å²) in [4.78, 5) is 36.2. The van der Waals surface area contributed by atoms with Gasteiger partial charge in [0.1, 0.15) is 0 Å². The highest BCUT2D eigenvalue weighted by Crippen LogP contribution is 2.23. The molecule has 0 aliphatic carbocycles. The summed E-state index contributed by atoms with van der Waals surface area (Å²) in [5.74, 6) is -0.500. The highest BCUT2D eigenvalue weighted by Gasteiger charge is 2.21. The topological polar surface area (TPSA) is 105 Å². The standard InChI is InChI=1S/C16H22N4O3/c1-11(19-15(22)10-18-14(21)9-17)12-4-6-13(7-5-12)20-8-2-3-16(20)23/h4-7,11H,2-3,8-10,17H2,1H3,(H,18,21)(H,19,22). The van der Waals surface area contributed by atoms with E-state index in [9.17, 15) is 14.4 Å². The third kappa shape index (κ3) is 4.53. The van der Waals surface area contributed by atoms with E-state index in [0.29, 0.717) is 6.42 Å². The number of carbonyl (C=O) groups is 3. The van der Waals surface area contributed by atoms with Gasteiger partial charge < -0.3 is 21.3 Å². The normalized spacial score (nSPS) is 15.4. The quantitative estimate of drug-likeness (QED) is 0.690. The highest BCUT2D eigenvalue weighted by atomic mass is 16.2. The van der Waals surface area contributed by atoms with E-state index in [2.05, 4.69) is 10.6 Å². The molecule has 23 heavy (non-hydrogen) atoms.